The number of ketones is 1. The van der Waals surface area contributed by atoms with Gasteiger partial charge in [0, 0.05) is 0 Å². The van der Waals surface area contributed by atoms with Crippen molar-refractivity contribution < 1.29 is 14.7 Å². The standard InChI is InChI=1S/C8H11BrO3/c9-5-6(10)8(7(11)12)3-1-2-4-8/h1-5H2,(H,11,12). The molecule has 1 N–H and O–H groups in total. The summed E-state index contributed by atoms with van der Waals surface area (Å²) in [5.74, 6) is -1.14. The van der Waals surface area contributed by atoms with Crippen LogP contribution in [0.3, 0.4) is 0 Å². The van der Waals surface area contributed by atoms with Crippen molar-refractivity contribution in [2.45, 2.75) is 25.7 Å². The molecular formula is C8H11BrO3. The Morgan fingerprint density at radius 3 is 2.17 bits per heavy atom. The fraction of sp³-hybridized carbons (Fsp3) is 0.750. The largest absolute Gasteiger partial charge is 0.480 e. The number of carbonyl (C=O) groups is 2. The Balaban J connectivity index is 2.86. The average Bonchev–Trinajstić information content (AvgIpc) is 2.52. The first-order valence-electron chi connectivity index (χ1n) is 3.96. The van der Waals surface area contributed by atoms with Gasteiger partial charge < -0.3 is 5.11 Å². The van der Waals surface area contributed by atoms with Crippen LogP contribution in [0.1, 0.15) is 25.7 Å². The van der Waals surface area contributed by atoms with E-state index in [-0.39, 0.29) is 11.1 Å². The van der Waals surface area contributed by atoms with Crippen LogP contribution in [0.15, 0.2) is 0 Å². The number of alkyl halides is 1. The summed E-state index contributed by atoms with van der Waals surface area (Å²) in [7, 11) is 0. The number of carbonyl (C=O) groups excluding carboxylic acids is 1. The zero-order chi connectivity index (χ0) is 9.19. The molecule has 0 unspecified atom stereocenters. The van der Waals surface area contributed by atoms with Crippen LogP contribution < -0.4 is 0 Å². The third-order valence-electron chi connectivity index (χ3n) is 2.52. The summed E-state index contributed by atoms with van der Waals surface area (Å²) >= 11 is 3.02. The highest BCUT2D eigenvalue weighted by molar-refractivity contribution is 9.09. The van der Waals surface area contributed by atoms with Gasteiger partial charge in [-0.25, -0.2) is 0 Å². The molecule has 0 aromatic rings. The molecule has 0 radical (unpaired) electrons. The topological polar surface area (TPSA) is 54.4 Å². The maximum Gasteiger partial charge on any atom is 0.317 e. The van der Waals surface area contributed by atoms with Crippen LogP contribution in [0.4, 0.5) is 0 Å². The first kappa shape index (κ1) is 9.71. The molecule has 0 amide bonds. The average molecular weight is 235 g/mol. The number of halogens is 1. The zero-order valence-corrected chi connectivity index (χ0v) is 8.26. The Morgan fingerprint density at radius 1 is 1.33 bits per heavy atom. The summed E-state index contributed by atoms with van der Waals surface area (Å²) in [6.07, 6.45) is 2.72. The summed E-state index contributed by atoms with van der Waals surface area (Å²) in [6.45, 7) is 0. The second-order valence-electron chi connectivity index (χ2n) is 3.15. The maximum atomic E-state index is 11.3. The minimum atomic E-state index is -1.07. The SMILES string of the molecule is O=C(O)C1(C(=O)CBr)CCCC1. The first-order chi connectivity index (χ1) is 5.63. The third kappa shape index (κ3) is 1.40. The molecule has 0 heterocycles. The second kappa shape index (κ2) is 3.56. The molecule has 0 aromatic carbocycles. The van der Waals surface area contributed by atoms with Gasteiger partial charge in [-0.1, -0.05) is 28.8 Å². The number of hydrogen-bond donors (Lipinski definition) is 1. The maximum absolute atomic E-state index is 11.3. The molecule has 3 nitrogen and oxygen atoms in total. The highest BCUT2D eigenvalue weighted by Gasteiger charge is 2.46. The molecule has 0 saturated heterocycles. The van der Waals surface area contributed by atoms with Gasteiger partial charge in [0.15, 0.2) is 5.78 Å². The number of aliphatic carboxylic acids is 1. The van der Waals surface area contributed by atoms with Crippen LogP contribution in [0.25, 0.3) is 0 Å². The van der Waals surface area contributed by atoms with Crippen LogP contribution in [-0.4, -0.2) is 22.2 Å². The van der Waals surface area contributed by atoms with E-state index in [2.05, 4.69) is 15.9 Å². The lowest BCUT2D eigenvalue weighted by atomic mass is 9.82. The fourth-order valence-electron chi connectivity index (χ4n) is 1.72. The van der Waals surface area contributed by atoms with Crippen molar-refractivity contribution >= 4 is 27.7 Å². The van der Waals surface area contributed by atoms with Crippen LogP contribution in [0.5, 0.6) is 0 Å². The van der Waals surface area contributed by atoms with E-state index >= 15 is 0 Å². The van der Waals surface area contributed by atoms with Crippen molar-refractivity contribution in [1.82, 2.24) is 0 Å². The number of hydrogen-bond acceptors (Lipinski definition) is 2. The van der Waals surface area contributed by atoms with E-state index in [0.717, 1.165) is 12.8 Å². The molecule has 0 aromatic heterocycles. The Kier molecular flexibility index (Phi) is 2.88. The van der Waals surface area contributed by atoms with Gasteiger partial charge in [0.25, 0.3) is 0 Å². The van der Waals surface area contributed by atoms with Crippen molar-refractivity contribution in [2.75, 3.05) is 5.33 Å². The van der Waals surface area contributed by atoms with E-state index < -0.39 is 11.4 Å². The number of carboxylic acid groups (broad SMARTS) is 1. The zero-order valence-electron chi connectivity index (χ0n) is 6.68. The summed E-state index contributed by atoms with van der Waals surface area (Å²) in [5, 5.41) is 9.08. The van der Waals surface area contributed by atoms with E-state index in [1.807, 2.05) is 0 Å². The van der Waals surface area contributed by atoms with Gasteiger partial charge in [-0.3, -0.25) is 9.59 Å². The number of Topliss-reactive ketones (excluding diaryl/α,β-unsaturated/α-hetero) is 1. The van der Waals surface area contributed by atoms with Crippen LogP contribution in [0.2, 0.25) is 0 Å². The predicted molar refractivity (Wildman–Crippen MR) is 47.3 cm³/mol. The van der Waals surface area contributed by atoms with Crippen molar-refractivity contribution in [2.24, 2.45) is 5.41 Å². The lowest BCUT2D eigenvalue weighted by Crippen LogP contribution is -2.37. The molecular weight excluding hydrogens is 224 g/mol. The van der Waals surface area contributed by atoms with Crippen molar-refractivity contribution in [3.8, 4) is 0 Å². The van der Waals surface area contributed by atoms with Crippen LogP contribution in [-0.2, 0) is 9.59 Å². The quantitative estimate of drug-likeness (QED) is 0.597. The van der Waals surface area contributed by atoms with E-state index in [1.54, 1.807) is 0 Å². The highest BCUT2D eigenvalue weighted by Crippen LogP contribution is 2.39. The van der Waals surface area contributed by atoms with E-state index in [4.69, 9.17) is 5.11 Å². The fourth-order valence-corrected chi connectivity index (χ4v) is 2.26. The molecule has 1 aliphatic carbocycles. The van der Waals surface area contributed by atoms with Crippen LogP contribution >= 0.6 is 15.9 Å². The van der Waals surface area contributed by atoms with Crippen molar-refractivity contribution in [3.05, 3.63) is 0 Å². The molecule has 68 valence electrons. The Labute approximate surface area is 79.3 Å². The monoisotopic (exact) mass is 234 g/mol. The molecule has 1 aliphatic rings. The molecule has 0 bridgehead atoms. The smallest absolute Gasteiger partial charge is 0.317 e. The minimum absolute atomic E-state index is 0.152. The van der Waals surface area contributed by atoms with E-state index in [1.165, 1.54) is 0 Å². The predicted octanol–water partition coefficient (Wildman–Crippen LogP) is 1.60. The normalized spacial score (nSPS) is 20.8. The van der Waals surface area contributed by atoms with Gasteiger partial charge in [-0.05, 0) is 12.8 Å². The van der Waals surface area contributed by atoms with Crippen molar-refractivity contribution in [1.29, 1.82) is 0 Å². The summed E-state index contributed by atoms with van der Waals surface area (Å²) < 4.78 is 0. The van der Waals surface area contributed by atoms with Gasteiger partial charge in [-0.2, -0.15) is 0 Å². The Hall–Kier alpha value is -0.380. The van der Waals surface area contributed by atoms with Gasteiger partial charge in [-0.15, -0.1) is 0 Å². The molecule has 12 heavy (non-hydrogen) atoms. The van der Waals surface area contributed by atoms with E-state index in [0.29, 0.717) is 12.8 Å². The van der Waals surface area contributed by atoms with Crippen LogP contribution in [0, 0.1) is 5.41 Å². The van der Waals surface area contributed by atoms with Crippen molar-refractivity contribution in [3.63, 3.8) is 0 Å². The Bertz CT molecular complexity index is 206. The Morgan fingerprint density at radius 2 is 1.83 bits per heavy atom. The molecule has 1 fully saturated rings. The number of carboxylic acids is 1. The summed E-state index contributed by atoms with van der Waals surface area (Å²) in [4.78, 5) is 22.2. The first-order valence-corrected chi connectivity index (χ1v) is 5.08. The molecule has 1 saturated carbocycles. The highest BCUT2D eigenvalue weighted by atomic mass is 79.9. The summed E-state index contributed by atoms with van der Waals surface area (Å²) in [6, 6.07) is 0. The van der Waals surface area contributed by atoms with Gasteiger partial charge in [0.2, 0.25) is 0 Å². The molecule has 0 aliphatic heterocycles. The second-order valence-corrected chi connectivity index (χ2v) is 3.71. The van der Waals surface area contributed by atoms with Gasteiger partial charge in [0.05, 0.1) is 5.33 Å². The number of rotatable bonds is 3. The minimum Gasteiger partial charge on any atom is -0.480 e. The molecule has 0 spiro atoms. The lowest BCUT2D eigenvalue weighted by Gasteiger charge is -2.20. The summed E-state index contributed by atoms with van der Waals surface area (Å²) in [5.41, 5.74) is -1.07. The third-order valence-corrected chi connectivity index (χ3v) is 3.03. The van der Waals surface area contributed by atoms with Gasteiger partial charge in [0.1, 0.15) is 5.41 Å². The molecule has 0 atom stereocenters. The van der Waals surface area contributed by atoms with E-state index in [9.17, 15) is 9.59 Å². The molecule has 4 heteroatoms. The molecule has 1 rings (SSSR count). The van der Waals surface area contributed by atoms with Gasteiger partial charge >= 0.3 is 5.97 Å². The lowest BCUT2D eigenvalue weighted by molar-refractivity contribution is -0.153.